The summed E-state index contributed by atoms with van der Waals surface area (Å²) >= 11 is 0. The lowest BCUT2D eigenvalue weighted by molar-refractivity contribution is 0.405. The van der Waals surface area contributed by atoms with Crippen molar-refractivity contribution < 1.29 is 8.91 Å². The normalized spacial score (nSPS) is 10.3. The van der Waals surface area contributed by atoms with Crippen molar-refractivity contribution in [3.05, 3.63) is 12.2 Å². The van der Waals surface area contributed by atoms with E-state index in [4.69, 9.17) is 0 Å². The highest BCUT2D eigenvalue weighted by Gasteiger charge is 1.95. The lowest BCUT2D eigenvalue weighted by atomic mass is 10.4. The van der Waals surface area contributed by atoms with E-state index >= 15 is 0 Å². The maximum atomic E-state index is 11.6. The van der Waals surface area contributed by atoms with E-state index in [0.717, 1.165) is 0 Å². The number of hydrogen-bond donors (Lipinski definition) is 1. The third kappa shape index (κ3) is 3.08. The van der Waals surface area contributed by atoms with E-state index in [1.54, 1.807) is 0 Å². The van der Waals surface area contributed by atoms with Crippen LogP contribution in [-0.2, 0) is 6.54 Å². The second-order valence-electron chi connectivity index (χ2n) is 2.07. The molecule has 0 fully saturated rings. The van der Waals surface area contributed by atoms with Crippen LogP contribution in [0, 0.1) is 0 Å². The standard InChI is InChI=1S/C6H10FN3O/c7-2-1-3-8-4-6-9-5-11-10-6/h5,8H,1-4H2. The molecule has 0 unspecified atom stereocenters. The molecule has 1 rings (SSSR count). The van der Waals surface area contributed by atoms with E-state index in [2.05, 4.69) is 20.0 Å². The molecule has 4 nitrogen and oxygen atoms in total. The molecule has 1 aromatic heterocycles. The van der Waals surface area contributed by atoms with Crippen molar-refractivity contribution in [3.63, 3.8) is 0 Å². The van der Waals surface area contributed by atoms with Crippen molar-refractivity contribution >= 4 is 0 Å². The van der Waals surface area contributed by atoms with Crippen LogP contribution in [0.2, 0.25) is 0 Å². The lowest BCUT2D eigenvalue weighted by Crippen LogP contribution is -2.15. The van der Waals surface area contributed by atoms with Gasteiger partial charge in [-0.2, -0.15) is 4.98 Å². The summed E-state index contributed by atoms with van der Waals surface area (Å²) in [6.45, 7) is 0.890. The van der Waals surface area contributed by atoms with Crippen LogP contribution in [0.15, 0.2) is 10.9 Å². The Morgan fingerprint density at radius 3 is 3.18 bits per heavy atom. The SMILES string of the molecule is FCCCNCc1ncon1. The Morgan fingerprint density at radius 1 is 1.64 bits per heavy atom. The second-order valence-corrected chi connectivity index (χ2v) is 2.07. The smallest absolute Gasteiger partial charge is 0.213 e. The van der Waals surface area contributed by atoms with Crippen molar-refractivity contribution in [2.45, 2.75) is 13.0 Å². The molecule has 11 heavy (non-hydrogen) atoms. The predicted octanol–water partition coefficient (Wildman–Crippen LogP) is 0.519. The highest BCUT2D eigenvalue weighted by Crippen LogP contribution is 1.86. The maximum Gasteiger partial charge on any atom is 0.213 e. The van der Waals surface area contributed by atoms with Gasteiger partial charge >= 0.3 is 0 Å². The Morgan fingerprint density at radius 2 is 2.55 bits per heavy atom. The van der Waals surface area contributed by atoms with Crippen LogP contribution in [0.25, 0.3) is 0 Å². The van der Waals surface area contributed by atoms with Crippen molar-refractivity contribution in [2.24, 2.45) is 0 Å². The molecule has 0 saturated carbocycles. The summed E-state index contributed by atoms with van der Waals surface area (Å²) in [6.07, 6.45) is 1.80. The highest BCUT2D eigenvalue weighted by molar-refractivity contribution is 4.75. The number of nitrogens with zero attached hydrogens (tertiary/aromatic N) is 2. The quantitative estimate of drug-likeness (QED) is 0.636. The van der Waals surface area contributed by atoms with Crippen molar-refractivity contribution in [3.8, 4) is 0 Å². The molecule has 0 spiro atoms. The van der Waals surface area contributed by atoms with Crippen LogP contribution in [0.4, 0.5) is 4.39 Å². The van der Waals surface area contributed by atoms with Gasteiger partial charge in [0, 0.05) is 0 Å². The van der Waals surface area contributed by atoms with Gasteiger partial charge < -0.3 is 9.84 Å². The van der Waals surface area contributed by atoms with Gasteiger partial charge in [-0.25, -0.2) is 0 Å². The zero-order valence-electron chi connectivity index (χ0n) is 6.09. The molecule has 0 amide bonds. The minimum atomic E-state index is -0.292. The Balaban J connectivity index is 2.04. The van der Waals surface area contributed by atoms with Gasteiger partial charge in [-0.05, 0) is 13.0 Å². The minimum Gasteiger partial charge on any atom is -0.343 e. The molecule has 0 aromatic carbocycles. The van der Waals surface area contributed by atoms with E-state index in [0.29, 0.717) is 25.3 Å². The summed E-state index contributed by atoms with van der Waals surface area (Å²) in [4.78, 5) is 3.78. The third-order valence-electron chi connectivity index (χ3n) is 1.18. The first kappa shape index (κ1) is 8.13. The fraction of sp³-hybridized carbons (Fsp3) is 0.667. The molecule has 5 heteroatoms. The van der Waals surface area contributed by atoms with Crippen LogP contribution >= 0.6 is 0 Å². The summed E-state index contributed by atoms with van der Waals surface area (Å²) in [6, 6.07) is 0. The molecule has 0 saturated heterocycles. The van der Waals surface area contributed by atoms with Crippen LogP contribution in [0.3, 0.4) is 0 Å². The van der Waals surface area contributed by atoms with Gasteiger partial charge in [0.15, 0.2) is 5.82 Å². The predicted molar refractivity (Wildman–Crippen MR) is 36.6 cm³/mol. The zero-order chi connectivity index (χ0) is 7.94. The molecule has 62 valence electrons. The molecule has 0 aliphatic heterocycles. The topological polar surface area (TPSA) is 51.0 Å². The third-order valence-corrected chi connectivity index (χ3v) is 1.18. The van der Waals surface area contributed by atoms with E-state index in [1.165, 1.54) is 6.39 Å². The summed E-state index contributed by atoms with van der Waals surface area (Å²) in [5, 5.41) is 6.54. The number of halogens is 1. The number of alkyl halides is 1. The number of rotatable bonds is 5. The second kappa shape index (κ2) is 4.79. The first-order chi connectivity index (χ1) is 5.43. The molecular weight excluding hydrogens is 149 g/mol. The van der Waals surface area contributed by atoms with Crippen LogP contribution in [-0.4, -0.2) is 23.4 Å². The monoisotopic (exact) mass is 159 g/mol. The van der Waals surface area contributed by atoms with Crippen LogP contribution < -0.4 is 5.32 Å². The summed E-state index contributed by atoms with van der Waals surface area (Å²) in [5.41, 5.74) is 0. The fourth-order valence-corrected chi connectivity index (χ4v) is 0.662. The average Bonchev–Trinajstić information content (AvgIpc) is 2.50. The largest absolute Gasteiger partial charge is 0.343 e. The van der Waals surface area contributed by atoms with Gasteiger partial charge in [0.25, 0.3) is 0 Å². The maximum absolute atomic E-state index is 11.6. The Kier molecular flexibility index (Phi) is 3.54. The number of nitrogens with one attached hydrogen (secondary N) is 1. The molecule has 0 bridgehead atoms. The Bertz CT molecular complexity index is 178. The van der Waals surface area contributed by atoms with Crippen molar-refractivity contribution in [1.82, 2.24) is 15.5 Å². The highest BCUT2D eigenvalue weighted by atomic mass is 19.1. The van der Waals surface area contributed by atoms with Gasteiger partial charge in [-0.1, -0.05) is 5.16 Å². The molecule has 0 aliphatic rings. The van der Waals surface area contributed by atoms with Crippen molar-refractivity contribution in [1.29, 1.82) is 0 Å². The first-order valence-electron chi connectivity index (χ1n) is 3.45. The van der Waals surface area contributed by atoms with Gasteiger partial charge in [0.05, 0.1) is 13.2 Å². The molecule has 1 N–H and O–H groups in total. The fourth-order valence-electron chi connectivity index (χ4n) is 0.662. The van der Waals surface area contributed by atoms with Gasteiger partial charge in [0.2, 0.25) is 6.39 Å². The number of aromatic nitrogens is 2. The Labute approximate surface area is 63.8 Å². The van der Waals surface area contributed by atoms with Gasteiger partial charge in [-0.3, -0.25) is 4.39 Å². The van der Waals surface area contributed by atoms with E-state index in [1.807, 2.05) is 0 Å². The molecule has 0 aliphatic carbocycles. The van der Waals surface area contributed by atoms with E-state index < -0.39 is 0 Å². The van der Waals surface area contributed by atoms with E-state index in [9.17, 15) is 4.39 Å². The van der Waals surface area contributed by atoms with Crippen molar-refractivity contribution in [2.75, 3.05) is 13.2 Å². The molecule has 0 radical (unpaired) electrons. The van der Waals surface area contributed by atoms with Crippen LogP contribution in [0.5, 0.6) is 0 Å². The summed E-state index contributed by atoms with van der Waals surface area (Å²) < 4.78 is 16.1. The number of hydrogen-bond acceptors (Lipinski definition) is 4. The Hall–Kier alpha value is -0.970. The zero-order valence-corrected chi connectivity index (χ0v) is 6.09. The molecular formula is C6H10FN3O. The van der Waals surface area contributed by atoms with Gasteiger partial charge in [0.1, 0.15) is 0 Å². The average molecular weight is 159 g/mol. The first-order valence-corrected chi connectivity index (χ1v) is 3.45. The molecule has 1 heterocycles. The van der Waals surface area contributed by atoms with Gasteiger partial charge in [-0.15, -0.1) is 0 Å². The van der Waals surface area contributed by atoms with E-state index in [-0.39, 0.29) is 6.67 Å². The molecule has 0 atom stereocenters. The lowest BCUT2D eigenvalue weighted by Gasteiger charge is -1.96. The molecule has 1 aromatic rings. The summed E-state index contributed by atoms with van der Waals surface area (Å²) in [5.74, 6) is 0.601. The summed E-state index contributed by atoms with van der Waals surface area (Å²) in [7, 11) is 0. The minimum absolute atomic E-state index is 0.292. The van der Waals surface area contributed by atoms with Crippen LogP contribution in [0.1, 0.15) is 12.2 Å².